The summed E-state index contributed by atoms with van der Waals surface area (Å²) in [6.07, 6.45) is 1.94. The molecule has 2 amide bonds. The smallest absolute Gasteiger partial charge is 0.416 e. The fraction of sp³-hybridized carbons (Fsp3) is 0.125. The van der Waals surface area contributed by atoms with Gasteiger partial charge in [0, 0.05) is 11.1 Å². The van der Waals surface area contributed by atoms with Gasteiger partial charge in [-0.2, -0.15) is 13.2 Å². The molecule has 6 rings (SSSR count). The molecule has 2 heterocycles. The van der Waals surface area contributed by atoms with E-state index in [0.29, 0.717) is 28.0 Å². The molecule has 0 unspecified atom stereocenters. The third-order valence-corrected chi connectivity index (χ3v) is 7.15. The molecule has 1 aliphatic carbocycles. The number of aryl methyl sites for hydroxylation is 2. The van der Waals surface area contributed by atoms with E-state index in [4.69, 9.17) is 10.5 Å². The number of ether oxygens (including phenoxy) is 1. The number of pyridine rings is 1. The van der Waals surface area contributed by atoms with Gasteiger partial charge in [0.25, 0.3) is 0 Å². The van der Waals surface area contributed by atoms with Crippen molar-refractivity contribution in [2.75, 3.05) is 16.4 Å². The first-order valence-corrected chi connectivity index (χ1v) is 13.6. The molecule has 3 aromatic carbocycles. The van der Waals surface area contributed by atoms with Crippen LogP contribution in [0.25, 0.3) is 22.3 Å². The standard InChI is InChI=1S/C32H24F4N6O2/c33-23-14-27(29(37)38-15-23)19-6-9-25(10-7-19)44-31-39-16-24(17-40-31)41-30(43)42-28-13-22(32(34,35)36)8-11-26(28)21-5-4-18-2-1-3-20(18)12-21/h4-17H,1-3H2,(H2,37,38)(H2,41,42,43). The lowest BCUT2D eigenvalue weighted by molar-refractivity contribution is -0.137. The predicted molar refractivity (Wildman–Crippen MR) is 158 cm³/mol. The van der Waals surface area contributed by atoms with Crippen LogP contribution in [0.2, 0.25) is 0 Å². The average Bonchev–Trinajstić information content (AvgIpc) is 3.47. The van der Waals surface area contributed by atoms with E-state index in [1.165, 1.54) is 30.1 Å². The first-order chi connectivity index (χ1) is 21.1. The number of anilines is 3. The highest BCUT2D eigenvalue weighted by Gasteiger charge is 2.31. The SMILES string of the molecule is Nc1ncc(F)cc1-c1ccc(Oc2ncc(NC(=O)Nc3cc(C(F)(F)F)ccc3-c3ccc4c(c3)CCC4)cn2)cc1. The van der Waals surface area contributed by atoms with Crippen molar-refractivity contribution in [1.82, 2.24) is 15.0 Å². The van der Waals surface area contributed by atoms with E-state index < -0.39 is 23.6 Å². The molecular formula is C32H24F4N6O2. The number of nitrogens with zero attached hydrogens (tertiary/aromatic N) is 3. The Hall–Kier alpha value is -5.52. The van der Waals surface area contributed by atoms with Crippen molar-refractivity contribution in [3.8, 4) is 34.0 Å². The van der Waals surface area contributed by atoms with Gasteiger partial charge in [-0.25, -0.2) is 24.1 Å². The molecule has 0 fully saturated rings. The summed E-state index contributed by atoms with van der Waals surface area (Å²) in [5.41, 5.74) is 9.78. The van der Waals surface area contributed by atoms with Gasteiger partial charge < -0.3 is 21.1 Å². The van der Waals surface area contributed by atoms with Crippen LogP contribution in [0, 0.1) is 5.82 Å². The summed E-state index contributed by atoms with van der Waals surface area (Å²) in [6, 6.07) is 16.1. The van der Waals surface area contributed by atoms with Gasteiger partial charge in [0.2, 0.25) is 0 Å². The number of fused-ring (bicyclic) bond motifs is 1. The zero-order valence-electron chi connectivity index (χ0n) is 23.0. The summed E-state index contributed by atoms with van der Waals surface area (Å²) in [5.74, 6) is 0.0569. The van der Waals surface area contributed by atoms with E-state index in [2.05, 4.69) is 25.6 Å². The number of benzene rings is 3. The number of carbonyl (C=O) groups is 1. The van der Waals surface area contributed by atoms with Gasteiger partial charge in [0.1, 0.15) is 17.4 Å². The first kappa shape index (κ1) is 28.6. The maximum Gasteiger partial charge on any atom is 0.416 e. The number of aromatic nitrogens is 3. The topological polar surface area (TPSA) is 115 Å². The fourth-order valence-electron chi connectivity index (χ4n) is 5.02. The monoisotopic (exact) mass is 600 g/mol. The number of nitrogen functional groups attached to an aromatic ring is 1. The third-order valence-electron chi connectivity index (χ3n) is 7.15. The molecule has 5 aromatic rings. The summed E-state index contributed by atoms with van der Waals surface area (Å²) >= 11 is 0. The van der Waals surface area contributed by atoms with E-state index in [9.17, 15) is 22.4 Å². The zero-order valence-corrected chi connectivity index (χ0v) is 23.0. The summed E-state index contributed by atoms with van der Waals surface area (Å²) in [7, 11) is 0. The Morgan fingerprint density at radius 3 is 2.27 bits per heavy atom. The summed E-state index contributed by atoms with van der Waals surface area (Å²) < 4.78 is 59.7. The fourth-order valence-corrected chi connectivity index (χ4v) is 5.02. The highest BCUT2D eigenvalue weighted by atomic mass is 19.4. The second-order valence-electron chi connectivity index (χ2n) is 10.1. The van der Waals surface area contributed by atoms with Crippen LogP contribution in [-0.4, -0.2) is 21.0 Å². The van der Waals surface area contributed by atoms with Gasteiger partial charge in [-0.05, 0) is 71.8 Å². The van der Waals surface area contributed by atoms with Crippen LogP contribution in [0.5, 0.6) is 11.8 Å². The second-order valence-corrected chi connectivity index (χ2v) is 10.1. The van der Waals surface area contributed by atoms with Crippen LogP contribution in [0.4, 0.5) is 39.5 Å². The number of urea groups is 1. The Labute approximate surface area is 249 Å². The van der Waals surface area contributed by atoms with Crippen LogP contribution < -0.4 is 21.1 Å². The van der Waals surface area contributed by atoms with Crippen molar-refractivity contribution in [2.45, 2.75) is 25.4 Å². The maximum absolute atomic E-state index is 13.6. The zero-order chi connectivity index (χ0) is 30.8. The van der Waals surface area contributed by atoms with E-state index in [-0.39, 0.29) is 23.2 Å². The Morgan fingerprint density at radius 2 is 1.52 bits per heavy atom. The molecule has 8 nitrogen and oxygen atoms in total. The first-order valence-electron chi connectivity index (χ1n) is 13.6. The maximum atomic E-state index is 13.6. The van der Waals surface area contributed by atoms with Crippen molar-refractivity contribution in [3.63, 3.8) is 0 Å². The minimum absolute atomic E-state index is 0.00960. The summed E-state index contributed by atoms with van der Waals surface area (Å²) in [5, 5.41) is 5.08. The van der Waals surface area contributed by atoms with E-state index in [0.717, 1.165) is 43.2 Å². The predicted octanol–water partition coefficient (Wildman–Crippen LogP) is 7.87. The van der Waals surface area contributed by atoms with Crippen LogP contribution in [0.1, 0.15) is 23.1 Å². The number of hydrogen-bond acceptors (Lipinski definition) is 6. The quantitative estimate of drug-likeness (QED) is 0.171. The molecule has 0 spiro atoms. The third kappa shape index (κ3) is 6.28. The number of nitrogens with two attached hydrogens (primary N) is 1. The van der Waals surface area contributed by atoms with Crippen molar-refractivity contribution in [3.05, 3.63) is 108 Å². The van der Waals surface area contributed by atoms with Crippen molar-refractivity contribution in [2.24, 2.45) is 0 Å². The lowest BCUT2D eigenvalue weighted by atomic mass is 9.97. The Bertz CT molecular complexity index is 1840. The molecule has 2 aromatic heterocycles. The highest BCUT2D eigenvalue weighted by Crippen LogP contribution is 2.37. The summed E-state index contributed by atoms with van der Waals surface area (Å²) in [4.78, 5) is 24.8. The van der Waals surface area contributed by atoms with Crippen LogP contribution in [0.3, 0.4) is 0 Å². The number of carbonyl (C=O) groups excluding carboxylic acids is 1. The number of hydrogen-bond donors (Lipinski definition) is 3. The number of rotatable bonds is 6. The van der Waals surface area contributed by atoms with Crippen LogP contribution in [0.15, 0.2) is 85.3 Å². The molecule has 12 heteroatoms. The summed E-state index contributed by atoms with van der Waals surface area (Å²) in [6.45, 7) is 0. The molecule has 0 radical (unpaired) electrons. The number of halogens is 4. The Kier molecular flexibility index (Phi) is 7.56. The average molecular weight is 601 g/mol. The van der Waals surface area contributed by atoms with Gasteiger partial charge in [-0.1, -0.05) is 36.4 Å². The number of nitrogens with one attached hydrogen (secondary N) is 2. The van der Waals surface area contributed by atoms with E-state index in [1.807, 2.05) is 18.2 Å². The normalized spacial score (nSPS) is 12.5. The molecule has 0 aliphatic heterocycles. The van der Waals surface area contributed by atoms with E-state index in [1.54, 1.807) is 24.3 Å². The van der Waals surface area contributed by atoms with Crippen LogP contribution >= 0.6 is 0 Å². The lowest BCUT2D eigenvalue weighted by Gasteiger charge is -2.16. The molecule has 44 heavy (non-hydrogen) atoms. The molecule has 222 valence electrons. The van der Waals surface area contributed by atoms with Gasteiger partial charge in [0.15, 0.2) is 0 Å². The second kappa shape index (κ2) is 11.6. The number of amides is 2. The molecule has 1 aliphatic rings. The van der Waals surface area contributed by atoms with Crippen LogP contribution in [-0.2, 0) is 19.0 Å². The Balaban J connectivity index is 1.14. The Morgan fingerprint density at radius 1 is 0.795 bits per heavy atom. The number of alkyl halides is 3. The molecule has 0 saturated carbocycles. The van der Waals surface area contributed by atoms with E-state index >= 15 is 0 Å². The van der Waals surface area contributed by atoms with Gasteiger partial charge in [0.05, 0.1) is 35.5 Å². The molecular weight excluding hydrogens is 576 g/mol. The largest absolute Gasteiger partial charge is 0.424 e. The van der Waals surface area contributed by atoms with Crippen molar-refractivity contribution < 1.29 is 27.1 Å². The molecule has 0 atom stereocenters. The van der Waals surface area contributed by atoms with Gasteiger partial charge in [-0.15, -0.1) is 0 Å². The minimum atomic E-state index is -4.59. The minimum Gasteiger partial charge on any atom is -0.424 e. The highest BCUT2D eigenvalue weighted by molar-refractivity contribution is 6.02. The van der Waals surface area contributed by atoms with Gasteiger partial charge in [-0.3, -0.25) is 0 Å². The molecule has 0 saturated heterocycles. The molecule has 0 bridgehead atoms. The van der Waals surface area contributed by atoms with Gasteiger partial charge >= 0.3 is 18.2 Å². The lowest BCUT2D eigenvalue weighted by Crippen LogP contribution is -2.20. The van der Waals surface area contributed by atoms with Crippen molar-refractivity contribution >= 4 is 23.2 Å². The van der Waals surface area contributed by atoms with Crippen molar-refractivity contribution in [1.29, 1.82) is 0 Å². The molecule has 4 N–H and O–H groups in total.